The van der Waals surface area contributed by atoms with Crippen LogP contribution in [0.3, 0.4) is 0 Å². The molecule has 0 bridgehead atoms. The van der Waals surface area contributed by atoms with Crippen molar-refractivity contribution in [2.45, 2.75) is 57.7 Å². The number of amides is 3. The Morgan fingerprint density at radius 1 is 0.924 bits per heavy atom. The number of nitrogens with one attached hydrogen (secondary N) is 3. The molecule has 4 aliphatic heterocycles. The fraction of sp³-hybridized carbons (Fsp3) is 0.388. The molecule has 0 saturated carbocycles. The normalized spacial score (nSPS) is 18.5. The summed E-state index contributed by atoms with van der Waals surface area (Å²) in [6, 6.07) is 17.4. The van der Waals surface area contributed by atoms with Crippen LogP contribution in [0.15, 0.2) is 71.5 Å². The first-order valence-electron chi connectivity index (χ1n) is 22.6. The van der Waals surface area contributed by atoms with E-state index in [2.05, 4.69) is 87.4 Å². The molecule has 3 aromatic carbocycles. The minimum atomic E-state index is -2.72. The van der Waals surface area contributed by atoms with E-state index in [4.69, 9.17) is 9.72 Å². The third-order valence-electron chi connectivity index (χ3n) is 13.1. The van der Waals surface area contributed by atoms with E-state index in [0.717, 1.165) is 91.6 Å². The Bertz CT molecular complexity index is 2830. The van der Waals surface area contributed by atoms with Gasteiger partial charge in [-0.2, -0.15) is 4.98 Å². The molecule has 66 heavy (non-hydrogen) atoms. The second-order valence-electron chi connectivity index (χ2n) is 17.6. The lowest BCUT2D eigenvalue weighted by molar-refractivity contribution is -0.136. The number of hydrogen-bond acceptors (Lipinski definition) is 13. The summed E-state index contributed by atoms with van der Waals surface area (Å²) in [6.45, 7) is 12.4. The molecule has 9 rings (SSSR count). The van der Waals surface area contributed by atoms with E-state index in [1.54, 1.807) is 43.8 Å². The van der Waals surface area contributed by atoms with Crippen molar-refractivity contribution in [2.24, 2.45) is 0 Å². The molecule has 342 valence electrons. The number of benzene rings is 3. The molecule has 0 radical (unpaired) electrons. The zero-order valence-electron chi connectivity index (χ0n) is 37.7. The van der Waals surface area contributed by atoms with Gasteiger partial charge in [-0.05, 0) is 90.3 Å². The molecule has 0 spiro atoms. The molecule has 3 N–H and O–H groups in total. The van der Waals surface area contributed by atoms with E-state index < -0.39 is 19.1 Å². The van der Waals surface area contributed by atoms with Gasteiger partial charge in [-0.25, -0.2) is 4.98 Å². The number of imide groups is 1. The largest absolute Gasteiger partial charge is 0.494 e. The number of methoxy groups -OCH3 is 1. The minimum Gasteiger partial charge on any atom is -0.494 e. The number of aryl methyl sites for hydroxylation is 1. The number of aromatic nitrogens is 3. The third kappa shape index (κ3) is 9.40. The molecular weight excluding hydrogens is 919 g/mol. The maximum atomic E-state index is 13.6. The van der Waals surface area contributed by atoms with Crippen molar-refractivity contribution in [3.63, 3.8) is 0 Å². The fourth-order valence-corrected chi connectivity index (χ4v) is 11.5. The molecule has 3 fully saturated rings. The molecule has 15 nitrogen and oxygen atoms in total. The summed E-state index contributed by atoms with van der Waals surface area (Å²) < 4.78 is 20.2. The van der Waals surface area contributed by atoms with Gasteiger partial charge in [0.2, 0.25) is 17.8 Å². The van der Waals surface area contributed by atoms with E-state index in [0.29, 0.717) is 58.8 Å². The van der Waals surface area contributed by atoms with E-state index in [1.807, 2.05) is 36.4 Å². The molecule has 3 amide bonds. The summed E-state index contributed by atoms with van der Waals surface area (Å²) in [4.78, 5) is 60.6. The molecule has 3 saturated heterocycles. The van der Waals surface area contributed by atoms with Crippen molar-refractivity contribution >= 4 is 85.8 Å². The van der Waals surface area contributed by atoms with Crippen molar-refractivity contribution in [3.05, 3.63) is 93.7 Å². The van der Waals surface area contributed by atoms with Crippen LogP contribution in [-0.4, -0.2) is 126 Å². The molecule has 0 aliphatic carbocycles. The molecule has 2 aromatic heterocycles. The number of fused-ring (bicyclic) bond motifs is 2. The number of para-hydroxylation sites is 1. The predicted octanol–water partition coefficient (Wildman–Crippen LogP) is 6.49. The van der Waals surface area contributed by atoms with Gasteiger partial charge in [0.25, 0.3) is 5.91 Å². The third-order valence-corrected chi connectivity index (χ3v) is 15.3. The zero-order chi connectivity index (χ0) is 46.1. The summed E-state index contributed by atoms with van der Waals surface area (Å²) in [5.74, 6) is 7.39. The molecule has 5 aromatic rings. The maximum Gasteiger partial charge on any atom is 0.255 e. The maximum absolute atomic E-state index is 13.6. The Morgan fingerprint density at radius 3 is 2.45 bits per heavy atom. The first-order valence-corrected chi connectivity index (χ1v) is 26.0. The van der Waals surface area contributed by atoms with Crippen LogP contribution in [0.1, 0.15) is 59.7 Å². The van der Waals surface area contributed by atoms with Crippen LogP contribution in [-0.2, 0) is 27.1 Å². The van der Waals surface area contributed by atoms with Gasteiger partial charge >= 0.3 is 0 Å². The standard InChI is InChI=1S/C49H54BrN10O5P/c1-5-31-26-39(54-49-52-28-37(50)46(56-49)53-40-29-51-38-14-7-6-12-35(38)45(40)66(3,4)64)43(65-2)27-42(31)59-20-17-33(18-21-59)58-24-22-57(23-25-58)19-9-11-32-10-8-13-34-36(32)30-60(48(34)63)41-15-16-44(61)55-47(41)62/h6-8,10,12-14,26-29,33,41H,5,15-25,30H2,1-4H3,(H,55,61,62)(H2,52,53,54,56). The Morgan fingerprint density at radius 2 is 1.71 bits per heavy atom. The van der Waals surface area contributed by atoms with Gasteiger partial charge in [0, 0.05) is 98.0 Å². The van der Waals surface area contributed by atoms with Gasteiger partial charge in [-0.15, -0.1) is 0 Å². The number of ether oxygens (including phenoxy) is 1. The van der Waals surface area contributed by atoms with Crippen molar-refractivity contribution in [3.8, 4) is 17.6 Å². The van der Waals surface area contributed by atoms with Gasteiger partial charge < -0.3 is 29.7 Å². The van der Waals surface area contributed by atoms with Crippen LogP contribution in [0.25, 0.3) is 10.9 Å². The molecule has 4 aliphatic rings. The van der Waals surface area contributed by atoms with Crippen LogP contribution in [0.2, 0.25) is 0 Å². The highest BCUT2D eigenvalue weighted by atomic mass is 79.9. The molecule has 1 atom stereocenters. The number of halogens is 1. The smallest absolute Gasteiger partial charge is 0.255 e. The highest BCUT2D eigenvalue weighted by Gasteiger charge is 2.40. The number of hydrogen-bond donors (Lipinski definition) is 3. The van der Waals surface area contributed by atoms with Gasteiger partial charge in [0.1, 0.15) is 24.8 Å². The number of rotatable bonds is 11. The van der Waals surface area contributed by atoms with Crippen LogP contribution < -0.4 is 30.9 Å². The highest BCUT2D eigenvalue weighted by Crippen LogP contribution is 2.42. The lowest BCUT2D eigenvalue weighted by atomic mass is 9.99. The predicted molar refractivity (Wildman–Crippen MR) is 262 cm³/mol. The molecular formula is C49H54BrN10O5P. The number of pyridine rings is 1. The number of piperidine rings is 2. The van der Waals surface area contributed by atoms with E-state index in [9.17, 15) is 18.9 Å². The van der Waals surface area contributed by atoms with Crippen molar-refractivity contribution < 1.29 is 23.7 Å². The molecule has 1 unspecified atom stereocenters. The highest BCUT2D eigenvalue weighted by molar-refractivity contribution is 9.10. The van der Waals surface area contributed by atoms with Crippen molar-refractivity contribution in [1.29, 1.82) is 0 Å². The topological polar surface area (TPSA) is 165 Å². The quantitative estimate of drug-likeness (QED) is 0.0748. The lowest BCUT2D eigenvalue weighted by Gasteiger charge is -2.43. The number of carbonyl (C=O) groups excluding carboxylic acids is 3. The van der Waals surface area contributed by atoms with Gasteiger partial charge in [-0.3, -0.25) is 34.5 Å². The Balaban J connectivity index is 0.800. The van der Waals surface area contributed by atoms with Gasteiger partial charge in [0.15, 0.2) is 0 Å². The zero-order valence-corrected chi connectivity index (χ0v) is 40.2. The summed E-state index contributed by atoms with van der Waals surface area (Å²) in [5, 5.41) is 10.7. The first-order chi connectivity index (χ1) is 31.9. The number of piperazine rings is 1. The fourth-order valence-electron chi connectivity index (χ4n) is 9.73. The van der Waals surface area contributed by atoms with Crippen molar-refractivity contribution in [2.75, 3.05) is 81.8 Å². The number of carbonyl (C=O) groups is 3. The Labute approximate surface area is 393 Å². The Hall–Kier alpha value is -5.85. The first kappa shape index (κ1) is 45.3. The average molecular weight is 974 g/mol. The average Bonchev–Trinajstić information content (AvgIpc) is 3.65. The Kier molecular flexibility index (Phi) is 13.2. The lowest BCUT2D eigenvalue weighted by Crippen LogP contribution is -2.53. The van der Waals surface area contributed by atoms with Crippen LogP contribution in [0.4, 0.5) is 28.8 Å². The summed E-state index contributed by atoms with van der Waals surface area (Å²) in [7, 11) is -1.04. The van der Waals surface area contributed by atoms with Gasteiger partial charge in [0.05, 0.1) is 41.2 Å². The number of nitrogens with zero attached hydrogens (tertiary/aromatic N) is 7. The molecule has 17 heteroatoms. The van der Waals surface area contributed by atoms with Gasteiger partial charge in [-0.1, -0.05) is 43.0 Å². The minimum absolute atomic E-state index is 0.183. The molecule has 6 heterocycles. The van der Waals surface area contributed by atoms with E-state index >= 15 is 0 Å². The second kappa shape index (κ2) is 19.2. The van der Waals surface area contributed by atoms with Crippen LogP contribution >= 0.6 is 23.1 Å². The monoisotopic (exact) mass is 972 g/mol. The van der Waals surface area contributed by atoms with Crippen molar-refractivity contribution in [1.82, 2.24) is 35.0 Å². The summed E-state index contributed by atoms with van der Waals surface area (Å²) >= 11 is 3.60. The van der Waals surface area contributed by atoms with Crippen LogP contribution in [0, 0.1) is 11.8 Å². The van der Waals surface area contributed by atoms with Crippen LogP contribution in [0.5, 0.6) is 5.75 Å². The summed E-state index contributed by atoms with van der Waals surface area (Å²) in [6.07, 6.45) is 6.94. The number of anilines is 5. The summed E-state index contributed by atoms with van der Waals surface area (Å²) in [5.41, 5.74) is 6.81. The van der Waals surface area contributed by atoms with E-state index in [1.165, 1.54) is 11.3 Å². The SMILES string of the molecule is CCc1cc(Nc2ncc(Br)c(Nc3cnc4ccccc4c3P(C)(C)=O)n2)c(OC)cc1N1CCC(N2CCN(CC#Cc3cccc4c3CN(C3CCC(=O)NC3=O)C4=O)CC2)CC1. The second-order valence-corrected chi connectivity index (χ2v) is 21.6. The van der Waals surface area contributed by atoms with E-state index in [-0.39, 0.29) is 18.2 Å².